The average Bonchev–Trinajstić information content (AvgIpc) is 2.91. The monoisotopic (exact) mass is 398 g/mol. The molecule has 0 fully saturated rings. The minimum absolute atomic E-state index is 1.53. The van der Waals surface area contributed by atoms with Crippen LogP contribution in [0.2, 0.25) is 0 Å². The summed E-state index contributed by atoms with van der Waals surface area (Å²) in [5.41, 5.74) is -10.3. The van der Waals surface area contributed by atoms with E-state index < -0.39 is 86.4 Å². The van der Waals surface area contributed by atoms with Crippen molar-refractivity contribution in [2.75, 3.05) is 0 Å². The SMILES string of the molecule is O=C(O)c1c(F)c(F)c2c(c1F)-c1c(C(=O)OF)c(F)c(F)c(F)c1C2F. The predicted molar refractivity (Wildman–Crippen MR) is 68.1 cm³/mol. The molecule has 2 aromatic rings. The number of carbonyl (C=O) groups is 2. The Bertz CT molecular complexity index is 1050. The van der Waals surface area contributed by atoms with E-state index in [1.165, 1.54) is 0 Å². The molecular formula is C15H2F8O4. The quantitative estimate of drug-likeness (QED) is 0.466. The summed E-state index contributed by atoms with van der Waals surface area (Å²) in [5, 5.41) is 8.79. The standard InChI is InChI=1S/C15H2F8O4/c16-7-2-1-3(10(19)13(22)11(20)5(1)15(26)27-23)8(17)4(2)9(18)12(21)6(7)14(24)25/h8H,(H,24,25). The van der Waals surface area contributed by atoms with Gasteiger partial charge in [-0.3, -0.25) is 0 Å². The topological polar surface area (TPSA) is 63.6 Å². The van der Waals surface area contributed by atoms with Crippen LogP contribution >= 0.6 is 0 Å². The number of carboxylic acids is 1. The van der Waals surface area contributed by atoms with Crippen molar-refractivity contribution in [2.24, 2.45) is 0 Å². The van der Waals surface area contributed by atoms with E-state index in [1.807, 2.05) is 0 Å². The molecule has 0 amide bonds. The lowest BCUT2D eigenvalue weighted by Crippen LogP contribution is -2.12. The summed E-state index contributed by atoms with van der Waals surface area (Å²) in [6.07, 6.45) is -3.16. The number of rotatable bonds is 2. The first kappa shape index (κ1) is 18.6. The van der Waals surface area contributed by atoms with Crippen LogP contribution in [0.25, 0.3) is 11.1 Å². The van der Waals surface area contributed by atoms with Gasteiger partial charge in [-0.2, -0.15) is 0 Å². The second-order valence-corrected chi connectivity index (χ2v) is 5.24. The van der Waals surface area contributed by atoms with E-state index >= 15 is 0 Å². The Hall–Kier alpha value is -3.18. The Morgan fingerprint density at radius 3 is 1.74 bits per heavy atom. The van der Waals surface area contributed by atoms with E-state index in [0.717, 1.165) is 0 Å². The van der Waals surface area contributed by atoms with Gasteiger partial charge in [-0.25, -0.2) is 45.3 Å². The van der Waals surface area contributed by atoms with Crippen molar-refractivity contribution in [1.82, 2.24) is 0 Å². The van der Waals surface area contributed by atoms with Gasteiger partial charge in [0.05, 0.1) is 0 Å². The maximum absolute atomic E-state index is 14.5. The van der Waals surface area contributed by atoms with Gasteiger partial charge in [-0.1, -0.05) is 0 Å². The number of hydrogen-bond donors (Lipinski definition) is 1. The maximum atomic E-state index is 14.5. The Morgan fingerprint density at radius 2 is 1.22 bits per heavy atom. The molecule has 27 heavy (non-hydrogen) atoms. The fourth-order valence-electron chi connectivity index (χ4n) is 2.90. The Balaban J connectivity index is 2.61. The summed E-state index contributed by atoms with van der Waals surface area (Å²) < 4.78 is 111. The van der Waals surface area contributed by atoms with E-state index in [4.69, 9.17) is 5.11 Å². The van der Waals surface area contributed by atoms with E-state index in [9.17, 15) is 44.8 Å². The molecular weight excluding hydrogens is 396 g/mol. The molecule has 142 valence electrons. The van der Waals surface area contributed by atoms with E-state index in [2.05, 4.69) is 4.94 Å². The van der Waals surface area contributed by atoms with Crippen LogP contribution in [-0.2, 0) is 4.94 Å². The number of fused-ring (bicyclic) bond motifs is 3. The Labute approximate surface area is 142 Å². The van der Waals surface area contributed by atoms with Gasteiger partial charge in [0.25, 0.3) is 0 Å². The lowest BCUT2D eigenvalue weighted by molar-refractivity contribution is -0.0791. The highest BCUT2D eigenvalue weighted by atomic mass is 19.3. The van der Waals surface area contributed by atoms with Gasteiger partial charge in [0.15, 0.2) is 35.3 Å². The third-order valence-electron chi connectivity index (χ3n) is 3.96. The van der Waals surface area contributed by atoms with Crippen molar-refractivity contribution < 1.29 is 54.9 Å². The van der Waals surface area contributed by atoms with Crippen LogP contribution in [0.4, 0.5) is 35.3 Å². The van der Waals surface area contributed by atoms with E-state index in [-0.39, 0.29) is 0 Å². The molecule has 0 radical (unpaired) electrons. The van der Waals surface area contributed by atoms with Crippen molar-refractivity contribution >= 4 is 11.9 Å². The lowest BCUT2D eigenvalue weighted by atomic mass is 9.95. The summed E-state index contributed by atoms with van der Waals surface area (Å²) >= 11 is 0. The smallest absolute Gasteiger partial charge is 0.383 e. The summed E-state index contributed by atoms with van der Waals surface area (Å²) in [7, 11) is 0. The molecule has 2 aromatic carbocycles. The normalized spacial score (nSPS) is 14.7. The minimum Gasteiger partial charge on any atom is -0.477 e. The molecule has 1 N–H and O–H groups in total. The number of hydrogen-bond acceptors (Lipinski definition) is 3. The van der Waals surface area contributed by atoms with Crippen molar-refractivity contribution in [3.05, 3.63) is 57.2 Å². The molecule has 1 aliphatic rings. The molecule has 0 spiro atoms. The zero-order valence-corrected chi connectivity index (χ0v) is 12.3. The highest BCUT2D eigenvalue weighted by Gasteiger charge is 2.46. The fraction of sp³-hybridized carbons (Fsp3) is 0.0667. The summed E-state index contributed by atoms with van der Waals surface area (Å²) in [6, 6.07) is 0. The molecule has 0 saturated heterocycles. The number of carboxylic acid groups (broad SMARTS) is 1. The summed E-state index contributed by atoms with van der Waals surface area (Å²) in [5.74, 6) is -18.9. The van der Waals surface area contributed by atoms with Gasteiger partial charge >= 0.3 is 11.9 Å². The van der Waals surface area contributed by atoms with Gasteiger partial charge in [0.1, 0.15) is 16.9 Å². The predicted octanol–water partition coefficient (Wildman–Crippen LogP) is 4.30. The average molecular weight is 398 g/mol. The maximum Gasteiger partial charge on any atom is 0.383 e. The van der Waals surface area contributed by atoms with Crippen LogP contribution in [0.15, 0.2) is 0 Å². The van der Waals surface area contributed by atoms with Gasteiger partial charge in [0.2, 0.25) is 0 Å². The minimum atomic E-state index is -3.16. The van der Waals surface area contributed by atoms with Crippen molar-refractivity contribution in [3.63, 3.8) is 0 Å². The third-order valence-corrected chi connectivity index (χ3v) is 3.96. The van der Waals surface area contributed by atoms with Gasteiger partial charge in [0, 0.05) is 26.8 Å². The highest BCUT2D eigenvalue weighted by Crippen LogP contribution is 2.52. The van der Waals surface area contributed by atoms with Crippen LogP contribution in [-0.4, -0.2) is 17.0 Å². The Morgan fingerprint density at radius 1 is 0.741 bits per heavy atom. The van der Waals surface area contributed by atoms with Crippen LogP contribution in [0.1, 0.15) is 38.0 Å². The molecule has 0 saturated carbocycles. The molecule has 1 aliphatic carbocycles. The first-order chi connectivity index (χ1) is 12.6. The molecule has 1 unspecified atom stereocenters. The fourth-order valence-corrected chi connectivity index (χ4v) is 2.90. The molecule has 1 atom stereocenters. The first-order valence-corrected chi connectivity index (χ1v) is 6.67. The molecule has 0 heterocycles. The largest absolute Gasteiger partial charge is 0.477 e. The third kappa shape index (κ3) is 2.22. The van der Waals surface area contributed by atoms with Crippen LogP contribution < -0.4 is 0 Å². The zero-order valence-electron chi connectivity index (χ0n) is 12.3. The lowest BCUT2D eigenvalue weighted by Gasteiger charge is -2.11. The number of halogens is 8. The van der Waals surface area contributed by atoms with Gasteiger partial charge in [-0.15, -0.1) is 0 Å². The molecule has 3 rings (SSSR count). The number of benzene rings is 2. The van der Waals surface area contributed by atoms with Crippen molar-refractivity contribution in [2.45, 2.75) is 6.17 Å². The summed E-state index contributed by atoms with van der Waals surface area (Å²) in [6.45, 7) is 0. The van der Waals surface area contributed by atoms with Crippen LogP contribution in [0.3, 0.4) is 0 Å². The number of alkyl halides is 1. The van der Waals surface area contributed by atoms with Crippen LogP contribution in [0.5, 0.6) is 0 Å². The molecule has 4 nitrogen and oxygen atoms in total. The molecule has 0 aliphatic heterocycles. The van der Waals surface area contributed by atoms with Gasteiger partial charge < -0.3 is 5.11 Å². The first-order valence-electron chi connectivity index (χ1n) is 6.67. The summed E-state index contributed by atoms with van der Waals surface area (Å²) in [4.78, 5) is 25.0. The van der Waals surface area contributed by atoms with E-state index in [1.54, 1.807) is 0 Å². The molecule has 12 heteroatoms. The van der Waals surface area contributed by atoms with Crippen LogP contribution in [0, 0.1) is 34.9 Å². The highest BCUT2D eigenvalue weighted by molar-refractivity contribution is 6.02. The number of aromatic carboxylic acids is 1. The van der Waals surface area contributed by atoms with E-state index in [0.29, 0.717) is 0 Å². The van der Waals surface area contributed by atoms with Gasteiger partial charge in [-0.05, 0) is 0 Å². The Kier molecular flexibility index (Phi) is 4.08. The van der Waals surface area contributed by atoms with Crippen molar-refractivity contribution in [3.8, 4) is 11.1 Å². The molecule has 0 aromatic heterocycles. The van der Waals surface area contributed by atoms with Crippen molar-refractivity contribution in [1.29, 1.82) is 0 Å². The number of carbonyl (C=O) groups excluding carboxylic acids is 1. The second-order valence-electron chi connectivity index (χ2n) is 5.24. The molecule has 0 bridgehead atoms. The second kappa shape index (κ2) is 5.93. The zero-order chi connectivity index (χ0) is 20.4.